The fraction of sp³-hybridized carbons (Fsp3) is 0.350. The Hall–Kier alpha value is -2.65. The van der Waals surface area contributed by atoms with Gasteiger partial charge in [-0.15, -0.1) is 11.3 Å². The first kappa shape index (κ1) is 16.8. The zero-order valence-electron chi connectivity index (χ0n) is 14.3. The zero-order chi connectivity index (χ0) is 18.1. The number of nitrogens with zero attached hydrogens (tertiary/aromatic N) is 3. The summed E-state index contributed by atoms with van der Waals surface area (Å²) in [6.07, 6.45) is 0.948. The molecular weight excluding hydrogens is 346 g/mol. The molecule has 2 amide bonds. The first-order valence-corrected chi connectivity index (χ1v) is 9.67. The van der Waals surface area contributed by atoms with Crippen molar-refractivity contribution in [3.05, 3.63) is 57.8 Å². The van der Waals surface area contributed by atoms with Crippen LogP contribution in [0.5, 0.6) is 0 Å². The number of amides is 2. The highest BCUT2D eigenvalue weighted by molar-refractivity contribution is 7.10. The van der Waals surface area contributed by atoms with E-state index < -0.39 is 0 Å². The molecule has 1 aromatic heterocycles. The molecule has 0 N–H and O–H groups in total. The van der Waals surface area contributed by atoms with Crippen LogP contribution in [0.3, 0.4) is 0 Å². The lowest BCUT2D eigenvalue weighted by atomic mass is 10.1. The number of nitriles is 1. The number of rotatable bonds is 3. The summed E-state index contributed by atoms with van der Waals surface area (Å²) in [5, 5.41) is 10.9. The molecule has 0 bridgehead atoms. The summed E-state index contributed by atoms with van der Waals surface area (Å²) in [6, 6.07) is 12.9. The van der Waals surface area contributed by atoms with Gasteiger partial charge in [0.25, 0.3) is 5.91 Å². The van der Waals surface area contributed by atoms with Crippen molar-refractivity contribution in [2.75, 3.05) is 26.2 Å². The first-order valence-electron chi connectivity index (χ1n) is 8.79. The normalized spacial score (nSPS) is 22.0. The van der Waals surface area contributed by atoms with Crippen molar-refractivity contribution < 1.29 is 9.59 Å². The van der Waals surface area contributed by atoms with Crippen molar-refractivity contribution in [2.45, 2.75) is 12.3 Å². The largest absolute Gasteiger partial charge is 0.339 e. The Labute approximate surface area is 156 Å². The van der Waals surface area contributed by atoms with Crippen LogP contribution in [0.4, 0.5) is 0 Å². The Kier molecular flexibility index (Phi) is 4.48. The van der Waals surface area contributed by atoms with Crippen molar-refractivity contribution >= 4 is 23.2 Å². The molecular formula is C20H19N3O2S. The van der Waals surface area contributed by atoms with Crippen LogP contribution in [0.15, 0.2) is 41.8 Å². The average molecular weight is 365 g/mol. The third kappa shape index (κ3) is 3.23. The van der Waals surface area contributed by atoms with Crippen LogP contribution in [0.25, 0.3) is 0 Å². The van der Waals surface area contributed by atoms with E-state index in [1.54, 1.807) is 40.5 Å². The van der Waals surface area contributed by atoms with Crippen LogP contribution in [0.1, 0.15) is 33.1 Å². The molecule has 1 aliphatic heterocycles. The number of piperazine rings is 1. The molecule has 1 aliphatic carbocycles. The van der Waals surface area contributed by atoms with Gasteiger partial charge in [0, 0.05) is 48.5 Å². The van der Waals surface area contributed by atoms with E-state index in [1.165, 1.54) is 4.88 Å². The SMILES string of the molecule is N#Cc1ccc(C(=O)N2CCN(C(=O)C3CC3c3cccs3)CC2)cc1. The highest BCUT2D eigenvalue weighted by Crippen LogP contribution is 2.50. The first-order chi connectivity index (χ1) is 12.7. The summed E-state index contributed by atoms with van der Waals surface area (Å²) in [7, 11) is 0. The number of thiophene rings is 1. The fourth-order valence-electron chi connectivity index (χ4n) is 3.52. The second-order valence-electron chi connectivity index (χ2n) is 6.77. The van der Waals surface area contributed by atoms with Gasteiger partial charge >= 0.3 is 0 Å². The van der Waals surface area contributed by atoms with Gasteiger partial charge in [0.2, 0.25) is 5.91 Å². The molecule has 6 heteroatoms. The highest BCUT2D eigenvalue weighted by Gasteiger charge is 2.46. The van der Waals surface area contributed by atoms with E-state index in [0.717, 1.165) is 6.42 Å². The van der Waals surface area contributed by atoms with Crippen LogP contribution in [0.2, 0.25) is 0 Å². The van der Waals surface area contributed by atoms with Crippen LogP contribution in [0, 0.1) is 17.2 Å². The molecule has 4 rings (SSSR count). The van der Waals surface area contributed by atoms with Gasteiger partial charge < -0.3 is 9.80 Å². The van der Waals surface area contributed by atoms with Gasteiger partial charge in [-0.3, -0.25) is 9.59 Å². The molecule has 132 valence electrons. The Bertz CT molecular complexity index is 846. The fourth-order valence-corrected chi connectivity index (χ4v) is 4.43. The predicted molar refractivity (Wildman–Crippen MR) is 98.8 cm³/mol. The molecule has 0 radical (unpaired) electrons. The van der Waals surface area contributed by atoms with Crippen LogP contribution in [-0.4, -0.2) is 47.8 Å². The van der Waals surface area contributed by atoms with Gasteiger partial charge in [0.05, 0.1) is 11.6 Å². The number of carbonyl (C=O) groups excluding carboxylic acids is 2. The summed E-state index contributed by atoms with van der Waals surface area (Å²) < 4.78 is 0. The smallest absolute Gasteiger partial charge is 0.253 e. The maximum Gasteiger partial charge on any atom is 0.253 e. The van der Waals surface area contributed by atoms with Crippen molar-refractivity contribution in [1.82, 2.24) is 9.80 Å². The molecule has 1 saturated heterocycles. The van der Waals surface area contributed by atoms with Gasteiger partial charge in [-0.1, -0.05) is 6.07 Å². The Morgan fingerprint density at radius 1 is 1.04 bits per heavy atom. The molecule has 5 nitrogen and oxygen atoms in total. The van der Waals surface area contributed by atoms with Crippen molar-refractivity contribution in [3.8, 4) is 6.07 Å². The number of hydrogen-bond donors (Lipinski definition) is 0. The van der Waals surface area contributed by atoms with E-state index in [2.05, 4.69) is 17.5 Å². The van der Waals surface area contributed by atoms with Gasteiger partial charge in [-0.2, -0.15) is 5.26 Å². The van der Waals surface area contributed by atoms with Gasteiger partial charge in [0.15, 0.2) is 0 Å². The molecule has 2 heterocycles. The lowest BCUT2D eigenvalue weighted by Gasteiger charge is -2.35. The van der Waals surface area contributed by atoms with Crippen molar-refractivity contribution in [1.29, 1.82) is 5.26 Å². The molecule has 1 saturated carbocycles. The second-order valence-corrected chi connectivity index (χ2v) is 7.75. The Balaban J connectivity index is 1.32. The van der Waals surface area contributed by atoms with Crippen LogP contribution in [-0.2, 0) is 4.79 Å². The highest BCUT2D eigenvalue weighted by atomic mass is 32.1. The molecule has 2 aliphatic rings. The topological polar surface area (TPSA) is 64.4 Å². The summed E-state index contributed by atoms with van der Waals surface area (Å²) in [4.78, 5) is 30.2. The minimum Gasteiger partial charge on any atom is -0.339 e. The maximum atomic E-state index is 12.7. The summed E-state index contributed by atoms with van der Waals surface area (Å²) >= 11 is 1.72. The molecule has 2 atom stereocenters. The van der Waals surface area contributed by atoms with E-state index in [4.69, 9.17) is 5.26 Å². The molecule has 26 heavy (non-hydrogen) atoms. The zero-order valence-corrected chi connectivity index (χ0v) is 15.1. The van der Waals surface area contributed by atoms with Gasteiger partial charge in [0.1, 0.15) is 0 Å². The molecule has 2 aromatic rings. The van der Waals surface area contributed by atoms with Gasteiger partial charge in [-0.25, -0.2) is 0 Å². The molecule has 1 aromatic carbocycles. The second kappa shape index (κ2) is 6.93. The van der Waals surface area contributed by atoms with E-state index in [9.17, 15) is 9.59 Å². The lowest BCUT2D eigenvalue weighted by Crippen LogP contribution is -2.51. The lowest BCUT2D eigenvalue weighted by molar-refractivity contribution is -0.134. The van der Waals surface area contributed by atoms with E-state index in [1.807, 2.05) is 11.0 Å². The third-order valence-corrected chi connectivity index (χ3v) is 6.16. The van der Waals surface area contributed by atoms with Gasteiger partial charge in [-0.05, 0) is 42.1 Å². The molecule has 0 spiro atoms. The summed E-state index contributed by atoms with van der Waals surface area (Å²) in [5.74, 6) is 0.702. The molecule has 2 unspecified atom stereocenters. The third-order valence-electron chi connectivity index (χ3n) is 5.16. The van der Waals surface area contributed by atoms with E-state index >= 15 is 0 Å². The summed E-state index contributed by atoms with van der Waals surface area (Å²) in [5.41, 5.74) is 1.13. The Morgan fingerprint density at radius 2 is 1.73 bits per heavy atom. The van der Waals surface area contributed by atoms with E-state index in [-0.39, 0.29) is 17.7 Å². The Morgan fingerprint density at radius 3 is 2.35 bits per heavy atom. The predicted octanol–water partition coefficient (Wildman–Crippen LogP) is 2.71. The minimum absolute atomic E-state index is 0.0375. The van der Waals surface area contributed by atoms with Crippen molar-refractivity contribution in [2.24, 2.45) is 5.92 Å². The quantitative estimate of drug-likeness (QED) is 0.840. The maximum absolute atomic E-state index is 12.7. The van der Waals surface area contributed by atoms with Crippen molar-refractivity contribution in [3.63, 3.8) is 0 Å². The average Bonchev–Trinajstić information content (AvgIpc) is 3.31. The van der Waals surface area contributed by atoms with Crippen LogP contribution < -0.4 is 0 Å². The number of benzene rings is 1. The van der Waals surface area contributed by atoms with E-state index in [0.29, 0.717) is 43.2 Å². The number of hydrogen-bond acceptors (Lipinski definition) is 4. The van der Waals surface area contributed by atoms with Crippen LogP contribution >= 0.6 is 11.3 Å². The standard InChI is InChI=1S/C20H19N3O2S/c21-13-14-3-5-15(6-4-14)19(24)22-7-9-23(10-8-22)20(25)17-12-16(17)18-2-1-11-26-18/h1-6,11,16-17H,7-10,12H2. The minimum atomic E-state index is -0.0375. The monoisotopic (exact) mass is 365 g/mol. The summed E-state index contributed by atoms with van der Waals surface area (Å²) in [6.45, 7) is 2.30. The number of carbonyl (C=O) groups is 2. The molecule has 2 fully saturated rings.